The highest BCUT2D eigenvalue weighted by atomic mass is 31.0. The predicted octanol–water partition coefficient (Wildman–Crippen LogP) is 1.97. The van der Waals surface area contributed by atoms with Crippen molar-refractivity contribution >= 4 is 21.5 Å². The van der Waals surface area contributed by atoms with Gasteiger partial charge in [-0.25, -0.2) is 9.59 Å². The SMILES string of the molecule is CC[C@H](C(=O)OC)N(P)C(=O)OC(C)(C)C. The first-order chi connectivity index (χ1) is 7.22. The van der Waals surface area contributed by atoms with Crippen LogP contribution in [0.1, 0.15) is 34.1 Å². The van der Waals surface area contributed by atoms with Crippen molar-refractivity contribution in [3.8, 4) is 0 Å². The van der Waals surface area contributed by atoms with E-state index in [9.17, 15) is 9.59 Å². The molecule has 0 heterocycles. The fraction of sp³-hybridized carbons (Fsp3) is 0.800. The average Bonchev–Trinajstić information content (AvgIpc) is 2.15. The van der Waals surface area contributed by atoms with Crippen molar-refractivity contribution in [3.63, 3.8) is 0 Å². The van der Waals surface area contributed by atoms with E-state index in [0.717, 1.165) is 0 Å². The van der Waals surface area contributed by atoms with E-state index in [1.54, 1.807) is 27.7 Å². The van der Waals surface area contributed by atoms with E-state index in [1.807, 2.05) is 0 Å². The lowest BCUT2D eigenvalue weighted by Gasteiger charge is -2.28. The van der Waals surface area contributed by atoms with Gasteiger partial charge in [-0.3, -0.25) is 4.67 Å². The molecule has 0 saturated heterocycles. The summed E-state index contributed by atoms with van der Waals surface area (Å²) in [5, 5.41) is 0. The van der Waals surface area contributed by atoms with Crippen LogP contribution in [0.15, 0.2) is 0 Å². The number of nitrogens with zero attached hydrogens (tertiary/aromatic N) is 1. The van der Waals surface area contributed by atoms with Crippen molar-refractivity contribution in [1.82, 2.24) is 4.67 Å². The summed E-state index contributed by atoms with van der Waals surface area (Å²) in [5.74, 6) is -0.455. The number of methoxy groups -OCH3 is 1. The Labute approximate surface area is 98.7 Å². The van der Waals surface area contributed by atoms with Gasteiger partial charge in [-0.1, -0.05) is 6.92 Å². The molecule has 16 heavy (non-hydrogen) atoms. The molecule has 0 bridgehead atoms. The Balaban J connectivity index is 4.57. The standard InChI is InChI=1S/C10H20NO4P/c1-6-7(8(12)14-5)11(16)9(13)15-10(2,3)4/h7H,6,16H2,1-5H3/t7-/m1/s1. The molecule has 2 atom stereocenters. The molecule has 5 nitrogen and oxygen atoms in total. The predicted molar refractivity (Wildman–Crippen MR) is 63.9 cm³/mol. The molecule has 0 aromatic carbocycles. The van der Waals surface area contributed by atoms with Crippen LogP contribution in [0.5, 0.6) is 0 Å². The van der Waals surface area contributed by atoms with Gasteiger partial charge in [0.25, 0.3) is 0 Å². The van der Waals surface area contributed by atoms with Gasteiger partial charge in [-0.15, -0.1) is 0 Å². The number of esters is 1. The third-order valence-electron chi connectivity index (χ3n) is 1.80. The molecule has 0 aromatic rings. The van der Waals surface area contributed by atoms with Gasteiger partial charge in [0.15, 0.2) is 0 Å². The number of amides is 1. The first-order valence-electron chi connectivity index (χ1n) is 5.07. The van der Waals surface area contributed by atoms with Gasteiger partial charge in [0.2, 0.25) is 0 Å². The third kappa shape index (κ3) is 4.79. The molecule has 0 N–H and O–H groups in total. The topological polar surface area (TPSA) is 55.8 Å². The maximum absolute atomic E-state index is 11.7. The van der Waals surface area contributed by atoms with Crippen molar-refractivity contribution in [1.29, 1.82) is 0 Å². The zero-order valence-corrected chi connectivity index (χ0v) is 11.6. The largest absolute Gasteiger partial charge is 0.467 e. The fourth-order valence-corrected chi connectivity index (χ4v) is 1.44. The fourth-order valence-electron chi connectivity index (χ4n) is 1.05. The van der Waals surface area contributed by atoms with Crippen molar-refractivity contribution in [2.45, 2.75) is 45.8 Å². The number of ether oxygens (including phenoxy) is 2. The molecule has 0 radical (unpaired) electrons. The first-order valence-corrected chi connectivity index (χ1v) is 5.59. The quantitative estimate of drug-likeness (QED) is 0.566. The number of hydrogen-bond acceptors (Lipinski definition) is 4. The van der Waals surface area contributed by atoms with Crippen LogP contribution in [0.3, 0.4) is 0 Å². The molecule has 0 fully saturated rings. The molecule has 1 unspecified atom stereocenters. The van der Waals surface area contributed by atoms with Crippen LogP contribution >= 0.6 is 9.39 Å². The summed E-state index contributed by atoms with van der Waals surface area (Å²) in [6, 6.07) is -0.634. The Hall–Kier alpha value is -0.830. The lowest BCUT2D eigenvalue weighted by atomic mass is 10.2. The van der Waals surface area contributed by atoms with Crippen LogP contribution in [0.25, 0.3) is 0 Å². The van der Waals surface area contributed by atoms with Crippen molar-refractivity contribution in [3.05, 3.63) is 0 Å². The molecule has 0 saturated carbocycles. The summed E-state index contributed by atoms with van der Waals surface area (Å²) < 4.78 is 10.9. The molecule has 0 aliphatic rings. The van der Waals surface area contributed by atoms with Crippen LogP contribution in [-0.4, -0.2) is 35.5 Å². The molecular formula is C10H20NO4P. The van der Waals surface area contributed by atoms with Gasteiger partial charge in [-0.2, -0.15) is 0 Å². The normalized spacial score (nSPS) is 12.9. The minimum absolute atomic E-state index is 0.455. The molecule has 6 heteroatoms. The molecule has 0 aliphatic heterocycles. The monoisotopic (exact) mass is 249 g/mol. The third-order valence-corrected chi connectivity index (χ3v) is 2.37. The van der Waals surface area contributed by atoms with Gasteiger partial charge >= 0.3 is 12.1 Å². The number of hydrogen-bond donors (Lipinski definition) is 0. The van der Waals surface area contributed by atoms with Crippen molar-refractivity contribution in [2.75, 3.05) is 7.11 Å². The Kier molecular flexibility index (Phi) is 5.73. The van der Waals surface area contributed by atoms with Crippen molar-refractivity contribution < 1.29 is 19.1 Å². The van der Waals surface area contributed by atoms with Gasteiger partial charge in [-0.05, 0) is 36.6 Å². The summed E-state index contributed by atoms with van der Waals surface area (Å²) in [4.78, 5) is 23.0. The number of carbonyl (C=O) groups is 2. The second kappa shape index (κ2) is 6.04. The van der Waals surface area contributed by atoms with Gasteiger partial charge in [0, 0.05) is 0 Å². The average molecular weight is 249 g/mol. The van der Waals surface area contributed by atoms with E-state index in [0.29, 0.717) is 6.42 Å². The highest BCUT2D eigenvalue weighted by Crippen LogP contribution is 2.17. The number of rotatable bonds is 3. The minimum Gasteiger partial charge on any atom is -0.467 e. The van der Waals surface area contributed by atoms with E-state index in [4.69, 9.17) is 4.74 Å². The Morgan fingerprint density at radius 3 is 2.19 bits per heavy atom. The molecular weight excluding hydrogens is 229 g/mol. The Morgan fingerprint density at radius 2 is 1.88 bits per heavy atom. The van der Waals surface area contributed by atoms with E-state index in [-0.39, 0.29) is 0 Å². The highest BCUT2D eigenvalue weighted by molar-refractivity contribution is 7.14. The molecule has 0 aliphatic carbocycles. The summed E-state index contributed by atoms with van der Waals surface area (Å²) >= 11 is 0. The Morgan fingerprint density at radius 1 is 1.38 bits per heavy atom. The summed E-state index contributed by atoms with van der Waals surface area (Å²) in [6.07, 6.45) is -0.0927. The van der Waals surface area contributed by atoms with Gasteiger partial charge in [0.05, 0.1) is 7.11 Å². The Bertz CT molecular complexity index is 262. The van der Waals surface area contributed by atoms with Crippen molar-refractivity contribution in [2.24, 2.45) is 0 Å². The van der Waals surface area contributed by atoms with Crippen LogP contribution in [0.4, 0.5) is 4.79 Å². The molecule has 94 valence electrons. The van der Waals surface area contributed by atoms with Crippen LogP contribution in [-0.2, 0) is 14.3 Å². The van der Waals surface area contributed by atoms with E-state index < -0.39 is 23.7 Å². The van der Waals surface area contributed by atoms with Crippen LogP contribution in [0.2, 0.25) is 0 Å². The lowest BCUT2D eigenvalue weighted by Crippen LogP contribution is -2.41. The molecule has 1 amide bonds. The summed E-state index contributed by atoms with van der Waals surface area (Å²) in [5.41, 5.74) is -0.583. The number of carbonyl (C=O) groups excluding carboxylic acids is 2. The summed E-state index contributed by atoms with van der Waals surface area (Å²) in [6.45, 7) is 7.09. The zero-order chi connectivity index (χ0) is 12.9. The first kappa shape index (κ1) is 15.2. The second-order valence-corrected chi connectivity index (χ2v) is 4.89. The lowest BCUT2D eigenvalue weighted by molar-refractivity contribution is -0.145. The molecule has 0 spiro atoms. The van der Waals surface area contributed by atoms with E-state index in [2.05, 4.69) is 14.1 Å². The van der Waals surface area contributed by atoms with E-state index in [1.165, 1.54) is 11.8 Å². The maximum Gasteiger partial charge on any atom is 0.413 e. The smallest absolute Gasteiger partial charge is 0.413 e. The summed E-state index contributed by atoms with van der Waals surface area (Å²) in [7, 11) is 3.48. The zero-order valence-electron chi connectivity index (χ0n) is 10.4. The highest BCUT2D eigenvalue weighted by Gasteiger charge is 2.29. The van der Waals surface area contributed by atoms with Crippen LogP contribution in [0, 0.1) is 0 Å². The minimum atomic E-state index is -0.634. The second-order valence-electron chi connectivity index (χ2n) is 4.33. The van der Waals surface area contributed by atoms with E-state index >= 15 is 0 Å². The maximum atomic E-state index is 11.7. The van der Waals surface area contributed by atoms with Gasteiger partial charge < -0.3 is 9.47 Å². The molecule has 0 aromatic heterocycles. The van der Waals surface area contributed by atoms with Crippen LogP contribution < -0.4 is 0 Å². The van der Waals surface area contributed by atoms with Gasteiger partial charge in [0.1, 0.15) is 11.6 Å². The molecule has 0 rings (SSSR count).